The van der Waals surface area contributed by atoms with E-state index in [-0.39, 0.29) is 11.7 Å². The number of benzene rings is 2. The van der Waals surface area contributed by atoms with Crippen molar-refractivity contribution in [2.45, 2.75) is 6.92 Å². The first-order valence-corrected chi connectivity index (χ1v) is 10.3. The van der Waals surface area contributed by atoms with Crippen LogP contribution in [0.2, 0.25) is 5.02 Å². The van der Waals surface area contributed by atoms with Crippen LogP contribution in [0.1, 0.15) is 23.0 Å². The Hall–Kier alpha value is -2.67. The van der Waals surface area contributed by atoms with E-state index in [1.54, 1.807) is 42.5 Å². The summed E-state index contributed by atoms with van der Waals surface area (Å²) in [5.41, 5.74) is 1.99. The highest BCUT2D eigenvalue weighted by atomic mass is 35.5. The van der Waals surface area contributed by atoms with Gasteiger partial charge in [-0.25, -0.2) is 0 Å². The first-order chi connectivity index (χ1) is 13.9. The van der Waals surface area contributed by atoms with Crippen LogP contribution in [0.15, 0.2) is 70.0 Å². The Balaban J connectivity index is 1.60. The van der Waals surface area contributed by atoms with Gasteiger partial charge in [-0.1, -0.05) is 47.7 Å². The van der Waals surface area contributed by atoms with Crippen molar-refractivity contribution in [1.29, 1.82) is 0 Å². The summed E-state index contributed by atoms with van der Waals surface area (Å²) in [5.74, 6) is 0.893. The first-order valence-electron chi connectivity index (χ1n) is 8.68. The topological polar surface area (TPSA) is 50.5 Å². The van der Waals surface area contributed by atoms with E-state index >= 15 is 0 Å². The molecule has 3 aromatic rings. The van der Waals surface area contributed by atoms with E-state index in [4.69, 9.17) is 28.2 Å². The molecule has 0 atom stereocenters. The van der Waals surface area contributed by atoms with Crippen molar-refractivity contribution in [2.24, 2.45) is 0 Å². The number of thioether (sulfide) groups is 1. The van der Waals surface area contributed by atoms with Crippen LogP contribution >= 0.6 is 35.6 Å². The highest BCUT2D eigenvalue weighted by Crippen LogP contribution is 2.37. The monoisotopic (exact) mass is 439 g/mol. The molecule has 2 heterocycles. The molecule has 0 saturated carbocycles. The lowest BCUT2D eigenvalue weighted by atomic mass is 10.1. The van der Waals surface area contributed by atoms with Gasteiger partial charge in [0.15, 0.2) is 10.1 Å². The summed E-state index contributed by atoms with van der Waals surface area (Å²) in [6, 6.07) is 17.8. The molecule has 0 unspecified atom stereocenters. The molecular weight excluding hydrogens is 426 g/mol. The molecule has 0 bridgehead atoms. The number of Topliss-reactive ketones (excluding diaryl/α,β-unsaturated/α-hetero) is 1. The van der Waals surface area contributed by atoms with E-state index < -0.39 is 0 Å². The number of furan rings is 1. The molecule has 29 heavy (non-hydrogen) atoms. The number of hydrogen-bond donors (Lipinski definition) is 0. The highest BCUT2D eigenvalue weighted by Gasteiger charge is 2.33. The van der Waals surface area contributed by atoms with Gasteiger partial charge in [0, 0.05) is 17.2 Å². The minimum Gasteiger partial charge on any atom is -0.457 e. The second-order valence-corrected chi connectivity index (χ2v) is 8.39. The van der Waals surface area contributed by atoms with Crippen LogP contribution in [0.4, 0.5) is 5.69 Å². The zero-order chi connectivity index (χ0) is 20.5. The van der Waals surface area contributed by atoms with Crippen LogP contribution in [0.5, 0.6) is 0 Å². The van der Waals surface area contributed by atoms with Gasteiger partial charge >= 0.3 is 0 Å². The van der Waals surface area contributed by atoms with Crippen molar-refractivity contribution < 1.29 is 14.0 Å². The predicted octanol–water partition coefficient (Wildman–Crippen LogP) is 6.21. The largest absolute Gasteiger partial charge is 0.457 e. The van der Waals surface area contributed by atoms with Crippen LogP contribution in [0.3, 0.4) is 0 Å². The molecule has 4 rings (SSSR count). The van der Waals surface area contributed by atoms with Gasteiger partial charge in [0.05, 0.1) is 15.6 Å². The van der Waals surface area contributed by atoms with Gasteiger partial charge in [0.1, 0.15) is 11.5 Å². The van der Waals surface area contributed by atoms with E-state index in [0.717, 1.165) is 5.56 Å². The van der Waals surface area contributed by atoms with Gasteiger partial charge in [-0.15, -0.1) is 0 Å². The van der Waals surface area contributed by atoms with Gasteiger partial charge in [-0.3, -0.25) is 14.5 Å². The number of ketones is 1. The second-order valence-electron chi connectivity index (χ2n) is 6.30. The van der Waals surface area contributed by atoms with E-state index in [1.165, 1.54) is 23.6 Å². The standard InChI is InChI=1S/C22H14ClNO3S2/c1-13(25)14-6-8-15(9-7-14)24-21(26)20(29-22(24)28)12-16-10-11-19(27-16)17-4-2-3-5-18(17)23/h2-12H,1H3/b20-12+. The van der Waals surface area contributed by atoms with Gasteiger partial charge in [0.25, 0.3) is 5.91 Å². The van der Waals surface area contributed by atoms with Gasteiger partial charge in [0.2, 0.25) is 0 Å². The number of anilines is 1. The third kappa shape index (κ3) is 3.92. The molecule has 1 fully saturated rings. The zero-order valence-electron chi connectivity index (χ0n) is 15.2. The molecule has 0 aliphatic carbocycles. The number of hydrogen-bond acceptors (Lipinski definition) is 5. The fourth-order valence-electron chi connectivity index (χ4n) is 2.90. The van der Waals surface area contributed by atoms with Crippen molar-refractivity contribution >= 4 is 63.4 Å². The SMILES string of the molecule is CC(=O)c1ccc(N2C(=O)/C(=C\c3ccc(-c4ccccc4Cl)o3)SC2=S)cc1. The van der Waals surface area contributed by atoms with Crippen LogP contribution < -0.4 is 4.90 Å². The number of thiocarbonyl (C=S) groups is 1. The van der Waals surface area contributed by atoms with E-state index in [2.05, 4.69) is 0 Å². The lowest BCUT2D eigenvalue weighted by Gasteiger charge is -2.14. The molecule has 0 radical (unpaired) electrons. The first kappa shape index (κ1) is 19.6. The highest BCUT2D eigenvalue weighted by molar-refractivity contribution is 8.27. The summed E-state index contributed by atoms with van der Waals surface area (Å²) in [4.78, 5) is 26.3. The third-order valence-electron chi connectivity index (χ3n) is 4.37. The molecule has 144 valence electrons. The Kier molecular flexibility index (Phi) is 5.41. The Morgan fingerprint density at radius 3 is 2.52 bits per heavy atom. The van der Waals surface area contributed by atoms with Crippen LogP contribution in [0.25, 0.3) is 17.4 Å². The average molecular weight is 440 g/mol. The maximum absolute atomic E-state index is 12.9. The number of carbonyl (C=O) groups is 2. The van der Waals surface area contributed by atoms with Crippen LogP contribution in [0, 0.1) is 0 Å². The molecule has 2 aromatic carbocycles. The lowest BCUT2D eigenvalue weighted by molar-refractivity contribution is -0.113. The molecule has 1 saturated heterocycles. The molecule has 1 aliphatic rings. The molecule has 0 N–H and O–H groups in total. The van der Waals surface area contributed by atoms with Crippen molar-refractivity contribution in [2.75, 3.05) is 4.90 Å². The van der Waals surface area contributed by atoms with Crippen LogP contribution in [-0.4, -0.2) is 16.0 Å². The molecule has 0 spiro atoms. The number of carbonyl (C=O) groups excluding carboxylic acids is 2. The summed E-state index contributed by atoms with van der Waals surface area (Å²) >= 11 is 12.8. The summed E-state index contributed by atoms with van der Waals surface area (Å²) in [6.07, 6.45) is 1.67. The Bertz CT molecular complexity index is 1160. The third-order valence-corrected chi connectivity index (χ3v) is 6.00. The molecule has 1 aliphatic heterocycles. The fourth-order valence-corrected chi connectivity index (χ4v) is 4.41. The predicted molar refractivity (Wildman–Crippen MR) is 121 cm³/mol. The Morgan fingerprint density at radius 1 is 1.10 bits per heavy atom. The maximum atomic E-state index is 12.9. The van der Waals surface area contributed by atoms with Gasteiger partial charge in [-0.2, -0.15) is 0 Å². The van der Waals surface area contributed by atoms with E-state index in [1.807, 2.05) is 24.3 Å². The lowest BCUT2D eigenvalue weighted by Crippen LogP contribution is -2.27. The maximum Gasteiger partial charge on any atom is 0.270 e. The molecular formula is C22H14ClNO3S2. The summed E-state index contributed by atoms with van der Waals surface area (Å²) in [7, 11) is 0. The number of nitrogens with zero attached hydrogens (tertiary/aromatic N) is 1. The summed E-state index contributed by atoms with van der Waals surface area (Å²) < 4.78 is 6.28. The smallest absolute Gasteiger partial charge is 0.270 e. The summed E-state index contributed by atoms with van der Waals surface area (Å²) in [5, 5.41) is 0.591. The Labute approximate surface area is 182 Å². The zero-order valence-corrected chi connectivity index (χ0v) is 17.6. The van der Waals surface area contributed by atoms with Crippen LogP contribution in [-0.2, 0) is 4.79 Å². The second kappa shape index (κ2) is 7.99. The normalized spacial score (nSPS) is 15.4. The molecule has 1 aromatic heterocycles. The van der Waals surface area contributed by atoms with Crippen molar-refractivity contribution in [3.8, 4) is 11.3 Å². The minimum atomic E-state index is -0.230. The number of rotatable bonds is 4. The molecule has 7 heteroatoms. The fraction of sp³-hybridized carbons (Fsp3) is 0.0455. The number of amides is 1. The van der Waals surface area contributed by atoms with Gasteiger partial charge < -0.3 is 4.42 Å². The van der Waals surface area contributed by atoms with Gasteiger partial charge in [-0.05, 0) is 55.5 Å². The average Bonchev–Trinajstić information content (AvgIpc) is 3.27. The Morgan fingerprint density at radius 2 is 1.83 bits per heavy atom. The molecule has 4 nitrogen and oxygen atoms in total. The van der Waals surface area contributed by atoms with Crippen molar-refractivity contribution in [3.63, 3.8) is 0 Å². The quantitative estimate of drug-likeness (QED) is 0.275. The number of halogens is 1. The van der Waals surface area contributed by atoms with Crippen molar-refractivity contribution in [1.82, 2.24) is 0 Å². The summed E-state index contributed by atoms with van der Waals surface area (Å²) in [6.45, 7) is 1.50. The van der Waals surface area contributed by atoms with E-state index in [9.17, 15) is 9.59 Å². The molecule has 1 amide bonds. The van der Waals surface area contributed by atoms with E-state index in [0.29, 0.717) is 37.0 Å². The minimum absolute atomic E-state index is 0.0334. The van der Waals surface area contributed by atoms with Crippen molar-refractivity contribution in [3.05, 3.63) is 81.9 Å².